The number of pyridine rings is 1. The van der Waals surface area contributed by atoms with Gasteiger partial charge in [-0.15, -0.1) is 0 Å². The monoisotopic (exact) mass is 290 g/mol. The van der Waals surface area contributed by atoms with Gasteiger partial charge in [0.05, 0.1) is 5.56 Å². The number of fused-ring (bicyclic) bond motifs is 1. The van der Waals surface area contributed by atoms with Crippen molar-refractivity contribution in [1.82, 2.24) is 9.88 Å². The van der Waals surface area contributed by atoms with Gasteiger partial charge in [0.15, 0.2) is 0 Å². The molecule has 3 rings (SSSR count). The van der Waals surface area contributed by atoms with Crippen LogP contribution in [0.5, 0.6) is 0 Å². The molecule has 1 aromatic heterocycles. The molecule has 1 fully saturated rings. The van der Waals surface area contributed by atoms with Crippen molar-refractivity contribution in [2.75, 3.05) is 25.5 Å². The molecule has 20 heavy (non-hydrogen) atoms. The number of nitrogens with zero attached hydrogens (tertiary/aromatic N) is 2. The molecular formula is C15H22N4S. The second-order valence-electron chi connectivity index (χ2n) is 5.85. The van der Waals surface area contributed by atoms with E-state index in [0.717, 1.165) is 43.4 Å². The first-order chi connectivity index (χ1) is 9.65. The summed E-state index contributed by atoms with van der Waals surface area (Å²) < 4.78 is 0. The lowest BCUT2D eigenvalue weighted by Gasteiger charge is -2.17. The van der Waals surface area contributed by atoms with Crippen LogP contribution in [0.2, 0.25) is 0 Å². The van der Waals surface area contributed by atoms with Gasteiger partial charge >= 0.3 is 0 Å². The molecule has 1 saturated carbocycles. The predicted molar refractivity (Wildman–Crippen MR) is 86.3 cm³/mol. The summed E-state index contributed by atoms with van der Waals surface area (Å²) >= 11 is 5.16. The van der Waals surface area contributed by atoms with Crippen molar-refractivity contribution in [3.05, 3.63) is 22.9 Å². The van der Waals surface area contributed by atoms with E-state index in [4.69, 9.17) is 22.9 Å². The van der Waals surface area contributed by atoms with Gasteiger partial charge in [0.1, 0.15) is 10.8 Å². The molecule has 0 amide bonds. The molecule has 1 heterocycles. The van der Waals surface area contributed by atoms with E-state index in [2.05, 4.69) is 23.3 Å². The normalized spacial score (nSPS) is 17.3. The lowest BCUT2D eigenvalue weighted by molar-refractivity contribution is 0.337. The molecular weight excluding hydrogens is 268 g/mol. The van der Waals surface area contributed by atoms with Crippen LogP contribution in [0.3, 0.4) is 0 Å². The number of hydrogen-bond acceptors (Lipinski definition) is 4. The van der Waals surface area contributed by atoms with Crippen LogP contribution in [0.25, 0.3) is 0 Å². The lowest BCUT2D eigenvalue weighted by Crippen LogP contribution is -2.28. The van der Waals surface area contributed by atoms with Gasteiger partial charge in [-0.25, -0.2) is 4.98 Å². The van der Waals surface area contributed by atoms with Gasteiger partial charge in [0.25, 0.3) is 0 Å². The van der Waals surface area contributed by atoms with E-state index in [1.807, 2.05) is 0 Å². The maximum absolute atomic E-state index is 5.84. The molecule has 1 aromatic rings. The molecule has 4 nitrogen and oxygen atoms in total. The first-order valence-corrected chi connectivity index (χ1v) is 7.82. The minimum atomic E-state index is 0.435. The highest BCUT2D eigenvalue weighted by Crippen LogP contribution is 2.26. The number of aryl methyl sites for hydroxylation is 2. The lowest BCUT2D eigenvalue weighted by atomic mass is 10.1. The molecule has 0 radical (unpaired) electrons. The fraction of sp³-hybridized carbons (Fsp3) is 0.600. The molecule has 0 atom stereocenters. The summed E-state index contributed by atoms with van der Waals surface area (Å²) in [5, 5.41) is 3.42. The highest BCUT2D eigenvalue weighted by atomic mass is 32.1. The minimum Gasteiger partial charge on any atom is -0.389 e. The molecule has 0 aromatic carbocycles. The highest BCUT2D eigenvalue weighted by molar-refractivity contribution is 7.80. The SMILES string of the molecule is CN(CCNc1nc2c(cc1C(N)=S)CCC2)C1CC1. The van der Waals surface area contributed by atoms with Gasteiger partial charge in [0, 0.05) is 24.8 Å². The molecule has 0 spiro atoms. The minimum absolute atomic E-state index is 0.435. The maximum atomic E-state index is 5.84. The Morgan fingerprint density at radius 1 is 1.50 bits per heavy atom. The first-order valence-electron chi connectivity index (χ1n) is 7.42. The molecule has 0 bridgehead atoms. The van der Waals surface area contributed by atoms with Crippen LogP contribution >= 0.6 is 12.2 Å². The highest BCUT2D eigenvalue weighted by Gasteiger charge is 2.25. The first kappa shape index (κ1) is 13.8. The van der Waals surface area contributed by atoms with Gasteiger partial charge < -0.3 is 16.0 Å². The summed E-state index contributed by atoms with van der Waals surface area (Å²) in [6, 6.07) is 2.92. The number of anilines is 1. The average molecular weight is 290 g/mol. The Morgan fingerprint density at radius 2 is 2.30 bits per heavy atom. The van der Waals surface area contributed by atoms with Crippen LogP contribution in [-0.2, 0) is 12.8 Å². The second-order valence-corrected chi connectivity index (χ2v) is 6.29. The van der Waals surface area contributed by atoms with Crippen molar-refractivity contribution >= 4 is 23.0 Å². The van der Waals surface area contributed by atoms with Crippen molar-refractivity contribution in [2.45, 2.75) is 38.1 Å². The van der Waals surface area contributed by atoms with Crippen molar-refractivity contribution in [2.24, 2.45) is 5.73 Å². The number of aromatic nitrogens is 1. The molecule has 3 N–H and O–H groups in total. The Morgan fingerprint density at radius 3 is 3.00 bits per heavy atom. The Bertz CT molecular complexity index is 525. The van der Waals surface area contributed by atoms with Crippen LogP contribution in [0, 0.1) is 0 Å². The van der Waals surface area contributed by atoms with E-state index in [1.54, 1.807) is 0 Å². The quantitative estimate of drug-likeness (QED) is 0.781. The number of hydrogen-bond donors (Lipinski definition) is 2. The Hall–Kier alpha value is -1.20. The maximum Gasteiger partial charge on any atom is 0.136 e. The van der Waals surface area contributed by atoms with Crippen LogP contribution in [0.15, 0.2) is 6.07 Å². The van der Waals surface area contributed by atoms with Crippen LogP contribution in [0.1, 0.15) is 36.1 Å². The van der Waals surface area contributed by atoms with Crippen LogP contribution in [-0.4, -0.2) is 41.1 Å². The van der Waals surface area contributed by atoms with E-state index in [1.165, 1.54) is 30.5 Å². The predicted octanol–water partition coefficient (Wildman–Crippen LogP) is 1.71. The average Bonchev–Trinajstić information content (AvgIpc) is 3.17. The summed E-state index contributed by atoms with van der Waals surface area (Å²) in [5.74, 6) is 0.863. The van der Waals surface area contributed by atoms with Crippen molar-refractivity contribution in [3.63, 3.8) is 0 Å². The summed E-state index contributed by atoms with van der Waals surface area (Å²) in [7, 11) is 2.18. The zero-order chi connectivity index (χ0) is 14.1. The Labute approximate surface area is 125 Å². The van der Waals surface area contributed by atoms with E-state index >= 15 is 0 Å². The molecule has 2 aliphatic carbocycles. The van der Waals surface area contributed by atoms with Crippen molar-refractivity contribution in [1.29, 1.82) is 0 Å². The largest absolute Gasteiger partial charge is 0.389 e. The number of rotatable bonds is 6. The van der Waals surface area contributed by atoms with E-state index in [0.29, 0.717) is 4.99 Å². The third kappa shape index (κ3) is 2.94. The molecule has 0 saturated heterocycles. The topological polar surface area (TPSA) is 54.2 Å². The number of thiocarbonyl (C=S) groups is 1. The van der Waals surface area contributed by atoms with Gasteiger partial charge in [-0.3, -0.25) is 0 Å². The van der Waals surface area contributed by atoms with Crippen molar-refractivity contribution in [3.8, 4) is 0 Å². The van der Waals surface area contributed by atoms with Crippen LogP contribution < -0.4 is 11.1 Å². The summed E-state index contributed by atoms with van der Waals surface area (Å²) in [4.78, 5) is 7.57. The standard InChI is InChI=1S/C15H22N4S/c1-19(11-5-6-11)8-7-17-15-12(14(16)20)9-10-3-2-4-13(10)18-15/h9,11H,2-8H2,1H3,(H2,16,20)(H,17,18). The smallest absolute Gasteiger partial charge is 0.136 e. The van der Waals surface area contributed by atoms with Crippen molar-refractivity contribution < 1.29 is 0 Å². The van der Waals surface area contributed by atoms with Gasteiger partial charge in [-0.2, -0.15) is 0 Å². The van der Waals surface area contributed by atoms with E-state index < -0.39 is 0 Å². The number of likely N-dealkylation sites (N-methyl/N-ethyl adjacent to an activating group) is 1. The number of nitrogens with two attached hydrogens (primary N) is 1. The Balaban J connectivity index is 1.69. The fourth-order valence-electron chi connectivity index (χ4n) is 2.84. The number of nitrogens with one attached hydrogen (secondary N) is 1. The van der Waals surface area contributed by atoms with Crippen LogP contribution in [0.4, 0.5) is 5.82 Å². The summed E-state index contributed by atoms with van der Waals surface area (Å²) in [5.41, 5.74) is 9.26. The zero-order valence-electron chi connectivity index (χ0n) is 12.0. The molecule has 5 heteroatoms. The molecule has 2 aliphatic rings. The molecule has 108 valence electrons. The summed E-state index contributed by atoms with van der Waals surface area (Å²) in [6.45, 7) is 1.91. The fourth-order valence-corrected chi connectivity index (χ4v) is 3.00. The molecule has 0 aliphatic heterocycles. The third-order valence-corrected chi connectivity index (χ3v) is 4.46. The molecule has 0 unspecified atom stereocenters. The second kappa shape index (κ2) is 5.66. The zero-order valence-corrected chi connectivity index (χ0v) is 12.8. The Kier molecular flexibility index (Phi) is 3.89. The van der Waals surface area contributed by atoms with E-state index in [9.17, 15) is 0 Å². The van der Waals surface area contributed by atoms with Gasteiger partial charge in [0.2, 0.25) is 0 Å². The third-order valence-electron chi connectivity index (χ3n) is 4.24. The van der Waals surface area contributed by atoms with E-state index in [-0.39, 0.29) is 0 Å². The van der Waals surface area contributed by atoms with Gasteiger partial charge in [-0.05, 0) is 50.8 Å². The summed E-state index contributed by atoms with van der Waals surface area (Å²) in [6.07, 6.45) is 6.04. The van der Waals surface area contributed by atoms with Gasteiger partial charge in [-0.1, -0.05) is 12.2 Å².